The molecule has 0 amide bonds. The summed E-state index contributed by atoms with van der Waals surface area (Å²) >= 11 is 0. The van der Waals surface area contributed by atoms with E-state index < -0.39 is 16.4 Å². The highest BCUT2D eigenvalue weighted by atomic mass is 28.4. The van der Waals surface area contributed by atoms with Crippen molar-refractivity contribution in [3.8, 4) is 11.5 Å². The molecule has 1 nitrogen and oxygen atoms in total. The highest BCUT2D eigenvalue weighted by Crippen LogP contribution is 2.40. The Bertz CT molecular complexity index is 294. The second-order valence-corrected chi connectivity index (χ2v) is 17.5. The summed E-state index contributed by atoms with van der Waals surface area (Å²) < 4.78 is 5.88. The van der Waals surface area contributed by atoms with Crippen molar-refractivity contribution in [1.29, 1.82) is 0 Å². The van der Waals surface area contributed by atoms with Crippen LogP contribution in [0.15, 0.2) is 0 Å². The fourth-order valence-electron chi connectivity index (χ4n) is 3.06. The molecule has 112 valence electrons. The summed E-state index contributed by atoms with van der Waals surface area (Å²) in [5, 5.41) is 0. The first-order valence-corrected chi connectivity index (χ1v) is 13.3. The molecule has 0 spiro atoms. The molecule has 3 heteroatoms. The monoisotopic (exact) mass is 298 g/mol. The molecule has 19 heavy (non-hydrogen) atoms. The van der Waals surface area contributed by atoms with E-state index in [9.17, 15) is 0 Å². The first-order chi connectivity index (χ1) is 8.54. The molecule has 0 rings (SSSR count). The van der Waals surface area contributed by atoms with Crippen LogP contribution in [0.25, 0.3) is 0 Å². The minimum Gasteiger partial charge on any atom is -0.417 e. The van der Waals surface area contributed by atoms with Crippen molar-refractivity contribution in [3.05, 3.63) is 0 Å². The first kappa shape index (κ1) is 19.0. The van der Waals surface area contributed by atoms with Crippen molar-refractivity contribution < 1.29 is 4.43 Å². The molecule has 0 heterocycles. The molecule has 0 atom stereocenters. The maximum atomic E-state index is 5.88. The largest absolute Gasteiger partial charge is 0.417 e. The Labute approximate surface area is 123 Å². The van der Waals surface area contributed by atoms with Crippen LogP contribution in [0.4, 0.5) is 0 Å². The molecule has 0 saturated heterocycles. The van der Waals surface area contributed by atoms with Gasteiger partial charge in [-0.15, -0.1) is 11.5 Å². The van der Waals surface area contributed by atoms with Crippen LogP contribution in [0.3, 0.4) is 0 Å². The zero-order chi connectivity index (χ0) is 15.3. The van der Waals surface area contributed by atoms with E-state index in [4.69, 9.17) is 4.43 Å². The van der Waals surface area contributed by atoms with Crippen LogP contribution >= 0.6 is 0 Å². The van der Waals surface area contributed by atoms with Crippen LogP contribution in [0.5, 0.6) is 0 Å². The van der Waals surface area contributed by atoms with Gasteiger partial charge in [0.25, 0.3) is 0 Å². The number of hydrogen-bond acceptors (Lipinski definition) is 1. The lowest BCUT2D eigenvalue weighted by atomic mass is 10.5. The van der Waals surface area contributed by atoms with E-state index in [0.29, 0.717) is 0 Å². The Morgan fingerprint density at radius 1 is 0.842 bits per heavy atom. The summed E-state index contributed by atoms with van der Waals surface area (Å²) in [6.07, 6.45) is 0.894. The second kappa shape index (κ2) is 7.66. The van der Waals surface area contributed by atoms with Crippen LogP contribution in [0.1, 0.15) is 48.0 Å². The number of rotatable bonds is 6. The molecule has 0 aromatic heterocycles. The van der Waals surface area contributed by atoms with Gasteiger partial charge in [0.15, 0.2) is 8.32 Å². The summed E-state index contributed by atoms with van der Waals surface area (Å²) in [7, 11) is -2.90. The van der Waals surface area contributed by atoms with Gasteiger partial charge in [0.1, 0.15) is 8.07 Å². The van der Waals surface area contributed by atoms with E-state index in [1.54, 1.807) is 0 Å². The molecule has 0 unspecified atom stereocenters. The SMILES string of the molecule is CC(C)[Si](C#CCCO[Si](C)(C)C)(C(C)C)C(C)C. The third-order valence-electron chi connectivity index (χ3n) is 3.93. The topological polar surface area (TPSA) is 9.23 Å². The van der Waals surface area contributed by atoms with E-state index in [1.165, 1.54) is 0 Å². The molecule has 0 bridgehead atoms. The second-order valence-electron chi connectivity index (χ2n) is 7.41. The third kappa shape index (κ3) is 5.85. The lowest BCUT2D eigenvalue weighted by molar-refractivity contribution is 0.321. The van der Waals surface area contributed by atoms with Gasteiger partial charge in [-0.05, 0) is 36.3 Å². The smallest absolute Gasteiger partial charge is 0.183 e. The lowest BCUT2D eigenvalue weighted by Crippen LogP contribution is -2.43. The summed E-state index contributed by atoms with van der Waals surface area (Å²) in [4.78, 5) is 0. The normalized spacial score (nSPS) is 13.1. The maximum absolute atomic E-state index is 5.88. The van der Waals surface area contributed by atoms with Gasteiger partial charge in [-0.2, -0.15) is 0 Å². The van der Waals surface area contributed by atoms with E-state index in [1.807, 2.05) is 0 Å². The van der Waals surface area contributed by atoms with Gasteiger partial charge in [-0.25, -0.2) is 0 Å². The van der Waals surface area contributed by atoms with Crippen LogP contribution in [0.2, 0.25) is 36.3 Å². The molecule has 0 aliphatic rings. The third-order valence-corrected chi connectivity index (χ3v) is 11.3. The zero-order valence-electron chi connectivity index (χ0n) is 14.6. The van der Waals surface area contributed by atoms with E-state index in [-0.39, 0.29) is 0 Å². The quantitative estimate of drug-likeness (QED) is 0.360. The lowest BCUT2D eigenvalue weighted by Gasteiger charge is -2.38. The predicted molar refractivity (Wildman–Crippen MR) is 92.7 cm³/mol. The fourth-order valence-corrected chi connectivity index (χ4v) is 9.07. The molecule has 0 N–H and O–H groups in total. The van der Waals surface area contributed by atoms with E-state index in [2.05, 4.69) is 72.6 Å². The van der Waals surface area contributed by atoms with Gasteiger partial charge in [0.2, 0.25) is 0 Å². The van der Waals surface area contributed by atoms with Crippen molar-refractivity contribution in [3.63, 3.8) is 0 Å². The minimum absolute atomic E-state index is 0.720. The molecular formula is C16H34OSi2. The Morgan fingerprint density at radius 3 is 1.58 bits per heavy atom. The molecule has 0 saturated carbocycles. The van der Waals surface area contributed by atoms with E-state index in [0.717, 1.165) is 29.7 Å². The molecule has 0 fully saturated rings. The molecule has 0 aromatic rings. The summed E-state index contributed by atoms with van der Waals surface area (Å²) in [6, 6.07) is 0. The number of hydrogen-bond donors (Lipinski definition) is 0. The van der Waals surface area contributed by atoms with Crippen molar-refractivity contribution in [1.82, 2.24) is 0 Å². The highest BCUT2D eigenvalue weighted by molar-refractivity contribution is 6.90. The van der Waals surface area contributed by atoms with Gasteiger partial charge in [0.05, 0.1) is 0 Å². The Balaban J connectivity index is 4.77. The zero-order valence-corrected chi connectivity index (χ0v) is 16.6. The summed E-state index contributed by atoms with van der Waals surface area (Å²) in [5.41, 5.74) is 5.90. The Kier molecular flexibility index (Phi) is 7.64. The van der Waals surface area contributed by atoms with Gasteiger partial charge in [-0.1, -0.05) is 41.5 Å². The van der Waals surface area contributed by atoms with Gasteiger partial charge < -0.3 is 4.43 Å². The molecule has 0 radical (unpaired) electrons. The van der Waals surface area contributed by atoms with Gasteiger partial charge in [0, 0.05) is 13.0 Å². The highest BCUT2D eigenvalue weighted by Gasteiger charge is 2.41. The first-order valence-electron chi connectivity index (χ1n) is 7.68. The molecule has 0 aliphatic carbocycles. The summed E-state index contributed by atoms with van der Waals surface area (Å²) in [5.74, 6) is 3.45. The van der Waals surface area contributed by atoms with Gasteiger partial charge in [-0.3, -0.25) is 0 Å². The van der Waals surface area contributed by atoms with Crippen LogP contribution in [0, 0.1) is 11.5 Å². The summed E-state index contributed by atoms with van der Waals surface area (Å²) in [6.45, 7) is 21.7. The standard InChI is InChI=1S/C16H34OSi2/c1-14(2)19(15(3)4,16(5)6)13-11-10-12-17-18(7,8)9/h14-16H,10,12H2,1-9H3. The fraction of sp³-hybridized carbons (Fsp3) is 0.875. The van der Waals surface area contributed by atoms with E-state index >= 15 is 0 Å². The van der Waals surface area contributed by atoms with Crippen molar-refractivity contribution >= 4 is 16.4 Å². The van der Waals surface area contributed by atoms with Gasteiger partial charge >= 0.3 is 0 Å². The average Bonchev–Trinajstić information content (AvgIpc) is 2.19. The van der Waals surface area contributed by atoms with Crippen molar-refractivity contribution in [2.75, 3.05) is 6.61 Å². The van der Waals surface area contributed by atoms with Crippen molar-refractivity contribution in [2.45, 2.75) is 84.2 Å². The maximum Gasteiger partial charge on any atom is 0.183 e. The van der Waals surface area contributed by atoms with Crippen LogP contribution in [-0.2, 0) is 4.43 Å². The molecular weight excluding hydrogens is 264 g/mol. The van der Waals surface area contributed by atoms with Crippen LogP contribution < -0.4 is 0 Å². The predicted octanol–water partition coefficient (Wildman–Crippen LogP) is 5.45. The molecule has 0 aromatic carbocycles. The van der Waals surface area contributed by atoms with Crippen LogP contribution in [-0.4, -0.2) is 23.0 Å². The Morgan fingerprint density at radius 2 is 1.26 bits per heavy atom. The Hall–Kier alpha value is -0.0462. The van der Waals surface area contributed by atoms with Crippen molar-refractivity contribution in [2.24, 2.45) is 0 Å². The minimum atomic E-state index is -1.53. The average molecular weight is 299 g/mol. The molecule has 0 aliphatic heterocycles.